The first-order valence-corrected chi connectivity index (χ1v) is 6.32. The summed E-state index contributed by atoms with van der Waals surface area (Å²) in [6.45, 7) is 1.95. The second kappa shape index (κ2) is 6.09. The van der Waals surface area contributed by atoms with Crippen LogP contribution in [0.15, 0.2) is 47.1 Å². The molecule has 0 bridgehead atoms. The molecule has 1 heterocycles. The van der Waals surface area contributed by atoms with Gasteiger partial charge in [0.2, 0.25) is 5.91 Å². The van der Waals surface area contributed by atoms with Crippen LogP contribution in [0.4, 0.5) is 5.69 Å². The molecule has 0 aliphatic carbocycles. The Labute approximate surface area is 112 Å². The highest BCUT2D eigenvalue weighted by Gasteiger charge is 2.10. The van der Waals surface area contributed by atoms with E-state index >= 15 is 0 Å². The van der Waals surface area contributed by atoms with Crippen LogP contribution in [0, 0.1) is 0 Å². The summed E-state index contributed by atoms with van der Waals surface area (Å²) < 4.78 is 5.19. The average molecular weight is 258 g/mol. The van der Waals surface area contributed by atoms with Crippen molar-refractivity contribution in [1.29, 1.82) is 0 Å². The fourth-order valence-corrected chi connectivity index (χ4v) is 1.87. The molecule has 0 spiro atoms. The van der Waals surface area contributed by atoms with Crippen molar-refractivity contribution in [2.45, 2.75) is 25.8 Å². The topological polar surface area (TPSA) is 68.3 Å². The highest BCUT2D eigenvalue weighted by Crippen LogP contribution is 2.14. The zero-order valence-corrected chi connectivity index (χ0v) is 10.9. The molecule has 0 fully saturated rings. The minimum atomic E-state index is -0.0234. The van der Waals surface area contributed by atoms with E-state index in [1.165, 1.54) is 0 Å². The standard InChI is InChI=1S/C15H18N2O2/c1-11(12-4-6-13(16)7-5-12)17-15(18)9-8-14-3-2-10-19-14/h2-7,10-11H,8-9,16H2,1H3,(H,17,18). The summed E-state index contributed by atoms with van der Waals surface area (Å²) in [7, 11) is 0. The third-order valence-corrected chi connectivity index (χ3v) is 2.99. The van der Waals surface area contributed by atoms with E-state index in [-0.39, 0.29) is 11.9 Å². The van der Waals surface area contributed by atoms with Gasteiger partial charge in [0.05, 0.1) is 12.3 Å². The molecule has 0 saturated heterocycles. The number of aryl methyl sites for hydroxylation is 1. The van der Waals surface area contributed by atoms with Crippen LogP contribution in [0.25, 0.3) is 0 Å². The Balaban J connectivity index is 1.83. The summed E-state index contributed by atoms with van der Waals surface area (Å²) in [5.74, 6) is 0.844. The number of anilines is 1. The van der Waals surface area contributed by atoms with Crippen LogP contribution in [-0.2, 0) is 11.2 Å². The molecule has 0 aliphatic rings. The first-order chi connectivity index (χ1) is 9.15. The lowest BCUT2D eigenvalue weighted by Crippen LogP contribution is -2.26. The molecule has 0 saturated carbocycles. The van der Waals surface area contributed by atoms with E-state index in [4.69, 9.17) is 10.2 Å². The van der Waals surface area contributed by atoms with Gasteiger partial charge in [0.15, 0.2) is 0 Å². The highest BCUT2D eigenvalue weighted by molar-refractivity contribution is 5.76. The van der Waals surface area contributed by atoms with E-state index in [9.17, 15) is 4.79 Å². The summed E-state index contributed by atoms with van der Waals surface area (Å²) in [6.07, 6.45) is 2.66. The second-order valence-electron chi connectivity index (χ2n) is 4.54. The molecule has 2 aromatic rings. The molecule has 0 radical (unpaired) electrons. The molecule has 100 valence electrons. The Morgan fingerprint density at radius 3 is 2.68 bits per heavy atom. The van der Waals surface area contributed by atoms with Gasteiger partial charge in [-0.1, -0.05) is 12.1 Å². The van der Waals surface area contributed by atoms with Crippen molar-refractivity contribution in [3.63, 3.8) is 0 Å². The average Bonchev–Trinajstić information content (AvgIpc) is 2.90. The normalized spacial score (nSPS) is 12.1. The Bertz CT molecular complexity index is 518. The van der Waals surface area contributed by atoms with Gasteiger partial charge in [-0.3, -0.25) is 4.79 Å². The van der Waals surface area contributed by atoms with Gasteiger partial charge >= 0.3 is 0 Å². The van der Waals surface area contributed by atoms with Gasteiger partial charge in [-0.15, -0.1) is 0 Å². The molecule has 1 amide bonds. The summed E-state index contributed by atoms with van der Waals surface area (Å²) in [4.78, 5) is 11.8. The number of carbonyl (C=O) groups is 1. The van der Waals surface area contributed by atoms with Gasteiger partial charge in [0, 0.05) is 18.5 Å². The molecule has 4 nitrogen and oxygen atoms in total. The Hall–Kier alpha value is -2.23. The van der Waals surface area contributed by atoms with E-state index in [1.807, 2.05) is 43.3 Å². The maximum atomic E-state index is 11.8. The first kappa shape index (κ1) is 13.2. The van der Waals surface area contributed by atoms with Crippen LogP contribution in [-0.4, -0.2) is 5.91 Å². The van der Waals surface area contributed by atoms with Crippen LogP contribution >= 0.6 is 0 Å². The molecule has 1 aromatic carbocycles. The van der Waals surface area contributed by atoms with Crippen molar-refractivity contribution in [2.24, 2.45) is 0 Å². The van der Waals surface area contributed by atoms with Gasteiger partial charge in [-0.05, 0) is 36.8 Å². The quantitative estimate of drug-likeness (QED) is 0.810. The Morgan fingerprint density at radius 1 is 1.32 bits per heavy atom. The molecule has 1 unspecified atom stereocenters. The molecule has 1 atom stereocenters. The number of hydrogen-bond donors (Lipinski definition) is 2. The number of hydrogen-bond acceptors (Lipinski definition) is 3. The maximum absolute atomic E-state index is 11.8. The van der Waals surface area contributed by atoms with E-state index in [0.717, 1.165) is 17.0 Å². The van der Waals surface area contributed by atoms with Crippen molar-refractivity contribution < 1.29 is 9.21 Å². The molecule has 4 heteroatoms. The smallest absolute Gasteiger partial charge is 0.220 e. The number of amides is 1. The van der Waals surface area contributed by atoms with E-state index in [2.05, 4.69) is 5.32 Å². The lowest BCUT2D eigenvalue weighted by atomic mass is 10.1. The minimum Gasteiger partial charge on any atom is -0.469 e. The maximum Gasteiger partial charge on any atom is 0.220 e. The lowest BCUT2D eigenvalue weighted by molar-refractivity contribution is -0.121. The Kier molecular flexibility index (Phi) is 4.23. The molecular weight excluding hydrogens is 240 g/mol. The van der Waals surface area contributed by atoms with Crippen molar-refractivity contribution >= 4 is 11.6 Å². The fraction of sp³-hybridized carbons (Fsp3) is 0.267. The molecule has 19 heavy (non-hydrogen) atoms. The van der Waals surface area contributed by atoms with E-state index in [0.29, 0.717) is 12.8 Å². The summed E-state index contributed by atoms with van der Waals surface area (Å²) in [5, 5.41) is 2.96. The number of nitrogen functional groups attached to an aromatic ring is 1. The predicted molar refractivity (Wildman–Crippen MR) is 74.4 cm³/mol. The monoisotopic (exact) mass is 258 g/mol. The van der Waals surface area contributed by atoms with Gasteiger partial charge in [0.1, 0.15) is 5.76 Å². The van der Waals surface area contributed by atoms with Gasteiger partial charge in [0.25, 0.3) is 0 Å². The van der Waals surface area contributed by atoms with Gasteiger partial charge in [-0.2, -0.15) is 0 Å². The summed E-state index contributed by atoms with van der Waals surface area (Å²) in [5.41, 5.74) is 7.40. The SMILES string of the molecule is CC(NC(=O)CCc1ccco1)c1ccc(N)cc1. The van der Waals surface area contributed by atoms with E-state index in [1.54, 1.807) is 6.26 Å². The highest BCUT2D eigenvalue weighted by atomic mass is 16.3. The van der Waals surface area contributed by atoms with Crippen molar-refractivity contribution in [2.75, 3.05) is 5.73 Å². The van der Waals surface area contributed by atoms with Crippen molar-refractivity contribution in [3.05, 3.63) is 54.0 Å². The predicted octanol–water partition coefficient (Wildman–Crippen LogP) is 2.67. The lowest BCUT2D eigenvalue weighted by Gasteiger charge is -2.14. The van der Waals surface area contributed by atoms with Gasteiger partial charge in [-0.25, -0.2) is 0 Å². The fourth-order valence-electron chi connectivity index (χ4n) is 1.87. The van der Waals surface area contributed by atoms with Crippen LogP contribution in [0.2, 0.25) is 0 Å². The van der Waals surface area contributed by atoms with Crippen LogP contribution < -0.4 is 11.1 Å². The molecule has 2 rings (SSSR count). The van der Waals surface area contributed by atoms with Crippen LogP contribution in [0.1, 0.15) is 30.7 Å². The first-order valence-electron chi connectivity index (χ1n) is 6.32. The number of furan rings is 1. The summed E-state index contributed by atoms with van der Waals surface area (Å²) in [6, 6.07) is 11.2. The second-order valence-corrected chi connectivity index (χ2v) is 4.54. The third kappa shape index (κ3) is 3.88. The van der Waals surface area contributed by atoms with Crippen LogP contribution in [0.3, 0.4) is 0 Å². The molecule has 0 aliphatic heterocycles. The zero-order valence-electron chi connectivity index (χ0n) is 10.9. The molecular formula is C15H18N2O2. The number of carbonyl (C=O) groups excluding carboxylic acids is 1. The number of nitrogens with two attached hydrogens (primary N) is 1. The number of rotatable bonds is 5. The van der Waals surface area contributed by atoms with Crippen molar-refractivity contribution in [3.8, 4) is 0 Å². The van der Waals surface area contributed by atoms with Gasteiger partial charge < -0.3 is 15.5 Å². The third-order valence-electron chi connectivity index (χ3n) is 2.99. The Morgan fingerprint density at radius 2 is 2.05 bits per heavy atom. The number of benzene rings is 1. The minimum absolute atomic E-state index is 0.0146. The largest absolute Gasteiger partial charge is 0.469 e. The molecule has 1 aromatic heterocycles. The van der Waals surface area contributed by atoms with Crippen molar-refractivity contribution in [1.82, 2.24) is 5.32 Å². The zero-order chi connectivity index (χ0) is 13.7. The summed E-state index contributed by atoms with van der Waals surface area (Å²) >= 11 is 0. The van der Waals surface area contributed by atoms with Crippen LogP contribution in [0.5, 0.6) is 0 Å². The van der Waals surface area contributed by atoms with E-state index < -0.39 is 0 Å². The molecule has 3 N–H and O–H groups in total. The number of nitrogens with one attached hydrogen (secondary N) is 1.